The van der Waals surface area contributed by atoms with E-state index in [1.54, 1.807) is 0 Å². The number of carbonyl (C=O) groups is 1. The Hall–Kier alpha value is -1.84. The molecule has 1 aliphatic rings. The van der Waals surface area contributed by atoms with Crippen LogP contribution >= 0.6 is 0 Å². The Morgan fingerprint density at radius 2 is 2.12 bits per heavy atom. The molecule has 1 aromatic carbocycles. The van der Waals surface area contributed by atoms with Crippen molar-refractivity contribution in [3.63, 3.8) is 0 Å². The van der Waals surface area contributed by atoms with Crippen LogP contribution in [0.5, 0.6) is 0 Å². The predicted molar refractivity (Wildman–Crippen MR) is 59.3 cm³/mol. The zero-order valence-electron chi connectivity index (χ0n) is 8.97. The molecule has 1 fully saturated rings. The molecule has 0 unspecified atom stereocenters. The van der Waals surface area contributed by atoms with Crippen LogP contribution in [0.4, 0.5) is 0 Å². The summed E-state index contributed by atoms with van der Waals surface area (Å²) >= 11 is 0. The van der Waals surface area contributed by atoms with Crippen LogP contribution in [-0.2, 0) is 17.3 Å². The van der Waals surface area contributed by atoms with Crippen LogP contribution in [0.15, 0.2) is 24.3 Å². The number of imidazole rings is 1. The second-order valence-corrected chi connectivity index (χ2v) is 4.37. The minimum absolute atomic E-state index is 0.682. The van der Waals surface area contributed by atoms with Crippen LogP contribution in [0.3, 0.4) is 0 Å². The molecule has 0 bridgehead atoms. The molecule has 0 radical (unpaired) electrons. The molecule has 0 spiro atoms. The highest BCUT2D eigenvalue weighted by Gasteiger charge is 2.55. The predicted octanol–water partition coefficient (Wildman–Crippen LogP) is 1.69. The van der Waals surface area contributed by atoms with E-state index in [4.69, 9.17) is 0 Å². The Morgan fingerprint density at radius 1 is 1.44 bits per heavy atom. The molecule has 0 atom stereocenters. The summed E-state index contributed by atoms with van der Waals surface area (Å²) in [6.07, 6.45) is 1.39. The summed E-state index contributed by atoms with van der Waals surface area (Å²) in [6.45, 7) is 0. The Labute approximate surface area is 92.5 Å². The number of fused-ring (bicyclic) bond motifs is 1. The molecule has 3 rings (SSSR count). The molecule has 4 heteroatoms. The van der Waals surface area contributed by atoms with Crippen molar-refractivity contribution in [2.75, 3.05) is 0 Å². The summed E-state index contributed by atoms with van der Waals surface area (Å²) in [5.74, 6) is -0.0768. The Kier molecular flexibility index (Phi) is 1.67. The maximum Gasteiger partial charge on any atom is 0.317 e. The molecule has 2 aromatic rings. The van der Waals surface area contributed by atoms with Crippen molar-refractivity contribution in [3.05, 3.63) is 30.1 Å². The van der Waals surface area contributed by atoms with Crippen molar-refractivity contribution < 1.29 is 9.90 Å². The van der Waals surface area contributed by atoms with Gasteiger partial charge in [0.2, 0.25) is 0 Å². The molecule has 4 nitrogen and oxygen atoms in total. The summed E-state index contributed by atoms with van der Waals surface area (Å²) in [5.41, 5.74) is 1.13. The summed E-state index contributed by atoms with van der Waals surface area (Å²) in [7, 11) is 1.88. The van der Waals surface area contributed by atoms with Gasteiger partial charge in [0.25, 0.3) is 0 Å². The molecule has 0 amide bonds. The quantitative estimate of drug-likeness (QED) is 0.831. The van der Waals surface area contributed by atoms with Gasteiger partial charge in [0.1, 0.15) is 11.2 Å². The van der Waals surface area contributed by atoms with Crippen LogP contribution in [0, 0.1) is 0 Å². The Bertz CT molecular complexity index is 582. The van der Waals surface area contributed by atoms with Gasteiger partial charge in [-0.3, -0.25) is 4.79 Å². The molecular weight excluding hydrogens is 204 g/mol. The molecule has 82 valence electrons. The van der Waals surface area contributed by atoms with Gasteiger partial charge in [0.05, 0.1) is 11.0 Å². The maximum atomic E-state index is 11.3. The molecule has 0 aliphatic heterocycles. The number of hydrogen-bond donors (Lipinski definition) is 1. The average Bonchev–Trinajstić information content (AvgIpc) is 3.01. The lowest BCUT2D eigenvalue weighted by molar-refractivity contribution is -0.140. The van der Waals surface area contributed by atoms with Crippen molar-refractivity contribution in [1.82, 2.24) is 9.55 Å². The summed E-state index contributed by atoms with van der Waals surface area (Å²) < 4.78 is 1.90. The van der Waals surface area contributed by atoms with E-state index < -0.39 is 11.4 Å². The molecule has 1 heterocycles. The van der Waals surface area contributed by atoms with Gasteiger partial charge in [-0.15, -0.1) is 0 Å². The van der Waals surface area contributed by atoms with E-state index >= 15 is 0 Å². The number of hydrogen-bond acceptors (Lipinski definition) is 2. The van der Waals surface area contributed by atoms with Crippen LogP contribution < -0.4 is 0 Å². The van der Waals surface area contributed by atoms with Crippen LogP contribution in [0.2, 0.25) is 0 Å². The first-order valence-electron chi connectivity index (χ1n) is 5.30. The van der Waals surface area contributed by atoms with Crippen LogP contribution in [0.1, 0.15) is 18.7 Å². The van der Waals surface area contributed by atoms with Crippen molar-refractivity contribution in [3.8, 4) is 0 Å². The van der Waals surface area contributed by atoms with Crippen molar-refractivity contribution >= 4 is 17.0 Å². The lowest BCUT2D eigenvalue weighted by Gasteiger charge is -2.09. The molecule has 1 saturated carbocycles. The van der Waals surface area contributed by atoms with Gasteiger partial charge in [-0.05, 0) is 25.0 Å². The van der Waals surface area contributed by atoms with Gasteiger partial charge < -0.3 is 9.67 Å². The lowest BCUT2D eigenvalue weighted by atomic mass is 10.1. The number of rotatable bonds is 2. The zero-order chi connectivity index (χ0) is 11.3. The van der Waals surface area contributed by atoms with Gasteiger partial charge >= 0.3 is 5.97 Å². The highest BCUT2D eigenvalue weighted by atomic mass is 16.4. The van der Waals surface area contributed by atoms with Gasteiger partial charge in [0, 0.05) is 7.05 Å². The summed E-state index contributed by atoms with van der Waals surface area (Å²) in [6, 6.07) is 7.73. The first-order chi connectivity index (χ1) is 7.65. The minimum atomic E-state index is -0.758. The highest BCUT2D eigenvalue weighted by molar-refractivity contribution is 5.86. The van der Waals surface area contributed by atoms with E-state index in [-0.39, 0.29) is 0 Å². The van der Waals surface area contributed by atoms with E-state index in [2.05, 4.69) is 4.98 Å². The summed E-state index contributed by atoms with van der Waals surface area (Å²) in [4.78, 5) is 15.7. The fourth-order valence-corrected chi connectivity index (χ4v) is 2.23. The monoisotopic (exact) mass is 216 g/mol. The van der Waals surface area contributed by atoms with E-state index in [1.807, 2.05) is 35.9 Å². The first kappa shape index (κ1) is 9.39. The normalized spacial score (nSPS) is 17.6. The fraction of sp³-hybridized carbons (Fsp3) is 0.333. The number of aromatic nitrogens is 2. The minimum Gasteiger partial charge on any atom is -0.480 e. The van der Waals surface area contributed by atoms with E-state index in [0.717, 1.165) is 11.0 Å². The van der Waals surface area contributed by atoms with Crippen molar-refractivity contribution in [1.29, 1.82) is 0 Å². The zero-order valence-corrected chi connectivity index (χ0v) is 8.97. The molecule has 16 heavy (non-hydrogen) atoms. The molecule has 1 aliphatic carbocycles. The van der Waals surface area contributed by atoms with Crippen molar-refractivity contribution in [2.24, 2.45) is 7.05 Å². The smallest absolute Gasteiger partial charge is 0.317 e. The Morgan fingerprint density at radius 3 is 2.69 bits per heavy atom. The van der Waals surface area contributed by atoms with Crippen LogP contribution in [0.25, 0.3) is 11.0 Å². The number of carboxylic acid groups (broad SMARTS) is 1. The summed E-state index contributed by atoms with van der Waals surface area (Å²) in [5, 5.41) is 9.25. The number of nitrogens with zero attached hydrogens (tertiary/aromatic N) is 2. The van der Waals surface area contributed by atoms with E-state index in [1.165, 1.54) is 0 Å². The van der Waals surface area contributed by atoms with Gasteiger partial charge in [-0.1, -0.05) is 12.1 Å². The SMILES string of the molecule is Cn1c(C2(C(=O)O)CC2)nc2ccccc21. The Balaban J connectivity index is 2.26. The highest BCUT2D eigenvalue weighted by Crippen LogP contribution is 2.48. The second kappa shape index (κ2) is 2.84. The van der Waals surface area contributed by atoms with Gasteiger partial charge in [-0.25, -0.2) is 4.98 Å². The molecule has 1 N–H and O–H groups in total. The average molecular weight is 216 g/mol. The van der Waals surface area contributed by atoms with Crippen molar-refractivity contribution in [2.45, 2.75) is 18.3 Å². The molecule has 0 saturated heterocycles. The topological polar surface area (TPSA) is 55.1 Å². The lowest BCUT2D eigenvalue weighted by Crippen LogP contribution is -2.23. The number of benzene rings is 1. The van der Waals surface area contributed by atoms with Gasteiger partial charge in [0.15, 0.2) is 0 Å². The molecule has 1 aromatic heterocycles. The van der Waals surface area contributed by atoms with E-state index in [9.17, 15) is 9.90 Å². The third-order valence-corrected chi connectivity index (χ3v) is 3.37. The number of aryl methyl sites for hydroxylation is 1. The standard InChI is InChI=1S/C12H12N2O2/c1-14-9-5-3-2-4-8(9)13-10(14)12(6-7-12)11(15)16/h2-5H,6-7H2,1H3,(H,15,16). The fourth-order valence-electron chi connectivity index (χ4n) is 2.23. The number of para-hydroxylation sites is 2. The third kappa shape index (κ3) is 1.04. The number of aliphatic carboxylic acids is 1. The van der Waals surface area contributed by atoms with E-state index in [0.29, 0.717) is 18.7 Å². The first-order valence-corrected chi connectivity index (χ1v) is 5.30. The van der Waals surface area contributed by atoms with Gasteiger partial charge in [-0.2, -0.15) is 0 Å². The number of carboxylic acids is 1. The largest absolute Gasteiger partial charge is 0.480 e. The second-order valence-electron chi connectivity index (χ2n) is 4.37. The molecular formula is C12H12N2O2. The van der Waals surface area contributed by atoms with Crippen LogP contribution in [-0.4, -0.2) is 20.6 Å². The maximum absolute atomic E-state index is 11.3. The third-order valence-electron chi connectivity index (χ3n) is 3.37.